The first-order chi connectivity index (χ1) is 16.5. The lowest BCUT2D eigenvalue weighted by Gasteiger charge is -2.17. The number of halogens is 2. The van der Waals surface area contributed by atoms with Crippen LogP contribution in [0.25, 0.3) is 17.2 Å². The monoisotopic (exact) mass is 482 g/mol. The van der Waals surface area contributed by atoms with E-state index in [2.05, 4.69) is 20.6 Å². The number of esters is 1. The third-order valence-electron chi connectivity index (χ3n) is 5.13. The van der Waals surface area contributed by atoms with Crippen molar-refractivity contribution in [2.45, 2.75) is 19.4 Å². The Morgan fingerprint density at radius 1 is 1.32 bits per heavy atom. The number of benzene rings is 2. The Labute approximate surface area is 202 Å². The highest BCUT2D eigenvalue weighted by Crippen LogP contribution is 2.30. The van der Waals surface area contributed by atoms with E-state index < -0.39 is 11.8 Å². The zero-order valence-electron chi connectivity index (χ0n) is 18.6. The Morgan fingerprint density at radius 2 is 2.21 bits per heavy atom. The lowest BCUT2D eigenvalue weighted by Crippen LogP contribution is -2.20. The molecule has 2 N–H and O–H groups in total. The SMILES string of the molecule is CCOC(=O)C=Cc1cccc(-c2cnc(Nc3ccc(F)c(Cl)c3)nc2N[C@@H]2CCOC2)c1. The van der Waals surface area contributed by atoms with Gasteiger partial charge < -0.3 is 20.1 Å². The van der Waals surface area contributed by atoms with Gasteiger partial charge in [0.15, 0.2) is 0 Å². The zero-order chi connectivity index (χ0) is 23.9. The molecule has 0 radical (unpaired) electrons. The van der Waals surface area contributed by atoms with Gasteiger partial charge in [0, 0.05) is 30.1 Å². The molecule has 3 aromatic rings. The van der Waals surface area contributed by atoms with Crippen LogP contribution in [-0.4, -0.2) is 41.8 Å². The van der Waals surface area contributed by atoms with Crippen molar-refractivity contribution in [1.82, 2.24) is 9.97 Å². The second kappa shape index (κ2) is 11.1. The Morgan fingerprint density at radius 3 is 2.97 bits per heavy atom. The highest BCUT2D eigenvalue weighted by atomic mass is 35.5. The van der Waals surface area contributed by atoms with Gasteiger partial charge in [-0.1, -0.05) is 29.8 Å². The molecule has 1 atom stereocenters. The summed E-state index contributed by atoms with van der Waals surface area (Å²) in [5.41, 5.74) is 3.08. The minimum Gasteiger partial charge on any atom is -0.463 e. The number of anilines is 3. The zero-order valence-corrected chi connectivity index (χ0v) is 19.3. The number of carbonyl (C=O) groups excluding carboxylic acids is 1. The summed E-state index contributed by atoms with van der Waals surface area (Å²) in [6, 6.07) is 12.1. The van der Waals surface area contributed by atoms with E-state index in [0.717, 1.165) is 23.1 Å². The van der Waals surface area contributed by atoms with Crippen LogP contribution in [0.3, 0.4) is 0 Å². The van der Waals surface area contributed by atoms with Gasteiger partial charge in [-0.25, -0.2) is 14.2 Å². The summed E-state index contributed by atoms with van der Waals surface area (Å²) in [6.45, 7) is 3.36. The molecule has 0 spiro atoms. The van der Waals surface area contributed by atoms with E-state index in [-0.39, 0.29) is 11.1 Å². The molecule has 0 unspecified atom stereocenters. The Hall–Kier alpha value is -3.49. The molecule has 1 fully saturated rings. The van der Waals surface area contributed by atoms with Crippen molar-refractivity contribution >= 4 is 41.1 Å². The lowest BCUT2D eigenvalue weighted by atomic mass is 10.0. The number of carbonyl (C=O) groups is 1. The summed E-state index contributed by atoms with van der Waals surface area (Å²) in [4.78, 5) is 20.8. The fourth-order valence-corrected chi connectivity index (χ4v) is 3.65. The lowest BCUT2D eigenvalue weighted by molar-refractivity contribution is -0.137. The molecule has 1 aromatic heterocycles. The predicted octanol–water partition coefficient (Wildman–Crippen LogP) is 5.46. The molecule has 2 heterocycles. The van der Waals surface area contributed by atoms with Crippen LogP contribution in [0.2, 0.25) is 5.02 Å². The van der Waals surface area contributed by atoms with Gasteiger partial charge in [0.1, 0.15) is 11.6 Å². The van der Waals surface area contributed by atoms with E-state index in [1.54, 1.807) is 25.3 Å². The van der Waals surface area contributed by atoms with Crippen molar-refractivity contribution in [3.8, 4) is 11.1 Å². The summed E-state index contributed by atoms with van der Waals surface area (Å²) < 4.78 is 23.9. The molecular weight excluding hydrogens is 459 g/mol. The van der Waals surface area contributed by atoms with Crippen molar-refractivity contribution in [3.63, 3.8) is 0 Å². The summed E-state index contributed by atoms with van der Waals surface area (Å²) in [6.07, 6.45) is 5.68. The van der Waals surface area contributed by atoms with Gasteiger partial charge in [-0.05, 0) is 54.8 Å². The van der Waals surface area contributed by atoms with Crippen LogP contribution in [0.15, 0.2) is 54.7 Å². The molecule has 7 nitrogen and oxygen atoms in total. The molecule has 2 aromatic carbocycles. The molecule has 0 bridgehead atoms. The van der Waals surface area contributed by atoms with Crippen molar-refractivity contribution in [1.29, 1.82) is 0 Å². The van der Waals surface area contributed by atoms with E-state index in [0.29, 0.717) is 37.3 Å². The predicted molar refractivity (Wildman–Crippen MR) is 131 cm³/mol. The normalized spacial score (nSPS) is 15.4. The van der Waals surface area contributed by atoms with Crippen LogP contribution in [0.4, 0.5) is 21.8 Å². The Bertz CT molecular complexity index is 1200. The molecule has 0 amide bonds. The van der Waals surface area contributed by atoms with Crippen molar-refractivity contribution < 1.29 is 18.7 Å². The van der Waals surface area contributed by atoms with Crippen LogP contribution in [0.5, 0.6) is 0 Å². The molecular formula is C25H24ClFN4O3. The van der Waals surface area contributed by atoms with Crippen molar-refractivity contribution in [3.05, 3.63) is 71.1 Å². The maximum absolute atomic E-state index is 13.5. The van der Waals surface area contributed by atoms with Crippen LogP contribution in [0, 0.1) is 5.82 Å². The van der Waals surface area contributed by atoms with Crippen LogP contribution < -0.4 is 10.6 Å². The van der Waals surface area contributed by atoms with Gasteiger partial charge in [0.05, 0.1) is 24.3 Å². The molecule has 1 aliphatic rings. The minimum atomic E-state index is -0.496. The van der Waals surface area contributed by atoms with Crippen LogP contribution >= 0.6 is 11.6 Å². The standard InChI is InChI=1S/C25H24ClFN4O3/c1-2-34-23(32)9-6-16-4-3-5-17(12-16)20-14-28-25(30-18-7-8-22(27)21(26)13-18)31-24(20)29-19-10-11-33-15-19/h3-9,12-14,19H,2,10-11,15H2,1H3,(H2,28,29,30,31)/t19-/m1/s1. The fraction of sp³-hybridized carbons (Fsp3) is 0.240. The molecule has 1 saturated heterocycles. The smallest absolute Gasteiger partial charge is 0.330 e. The second-order valence-electron chi connectivity index (χ2n) is 7.63. The average molecular weight is 483 g/mol. The number of hydrogen-bond donors (Lipinski definition) is 2. The molecule has 34 heavy (non-hydrogen) atoms. The molecule has 1 aliphatic heterocycles. The van der Waals surface area contributed by atoms with Crippen LogP contribution in [0.1, 0.15) is 18.9 Å². The fourth-order valence-electron chi connectivity index (χ4n) is 3.47. The summed E-state index contributed by atoms with van der Waals surface area (Å²) >= 11 is 5.89. The van der Waals surface area contributed by atoms with Gasteiger partial charge >= 0.3 is 5.97 Å². The first-order valence-electron chi connectivity index (χ1n) is 10.9. The molecule has 0 aliphatic carbocycles. The number of aromatic nitrogens is 2. The highest BCUT2D eigenvalue weighted by Gasteiger charge is 2.19. The topological polar surface area (TPSA) is 85.4 Å². The van der Waals surface area contributed by atoms with E-state index >= 15 is 0 Å². The quantitative estimate of drug-likeness (QED) is 0.326. The van der Waals surface area contributed by atoms with Gasteiger partial charge in [-0.3, -0.25) is 0 Å². The molecule has 9 heteroatoms. The number of ether oxygens (including phenoxy) is 2. The first-order valence-corrected chi connectivity index (χ1v) is 11.3. The van der Waals surface area contributed by atoms with Gasteiger partial charge in [-0.15, -0.1) is 0 Å². The number of hydrogen-bond acceptors (Lipinski definition) is 7. The number of nitrogens with one attached hydrogen (secondary N) is 2. The van der Waals surface area contributed by atoms with Gasteiger partial charge in [0.2, 0.25) is 5.95 Å². The maximum Gasteiger partial charge on any atom is 0.330 e. The summed E-state index contributed by atoms with van der Waals surface area (Å²) in [7, 11) is 0. The minimum absolute atomic E-state index is 0.00996. The van der Waals surface area contributed by atoms with Crippen molar-refractivity contribution in [2.75, 3.05) is 30.5 Å². The van der Waals surface area contributed by atoms with E-state index in [4.69, 9.17) is 21.1 Å². The highest BCUT2D eigenvalue weighted by molar-refractivity contribution is 6.31. The van der Waals surface area contributed by atoms with E-state index in [9.17, 15) is 9.18 Å². The Balaban J connectivity index is 1.63. The summed E-state index contributed by atoms with van der Waals surface area (Å²) in [5.74, 6) is 0.0824. The third kappa shape index (κ3) is 6.09. The molecule has 176 valence electrons. The van der Waals surface area contributed by atoms with Crippen LogP contribution in [-0.2, 0) is 14.3 Å². The average Bonchev–Trinajstić information content (AvgIpc) is 3.34. The maximum atomic E-state index is 13.5. The van der Waals surface area contributed by atoms with Crippen molar-refractivity contribution in [2.24, 2.45) is 0 Å². The van der Waals surface area contributed by atoms with E-state index in [1.165, 1.54) is 18.2 Å². The Kier molecular flexibility index (Phi) is 7.72. The third-order valence-corrected chi connectivity index (χ3v) is 5.42. The number of nitrogens with zero attached hydrogens (tertiary/aromatic N) is 2. The number of rotatable bonds is 8. The summed E-state index contributed by atoms with van der Waals surface area (Å²) in [5, 5.41) is 6.52. The molecule has 4 rings (SSSR count). The largest absolute Gasteiger partial charge is 0.463 e. The van der Waals surface area contributed by atoms with E-state index in [1.807, 2.05) is 24.3 Å². The first kappa shape index (κ1) is 23.7. The molecule has 0 saturated carbocycles. The second-order valence-corrected chi connectivity index (χ2v) is 8.03. The van der Waals surface area contributed by atoms with Gasteiger partial charge in [-0.2, -0.15) is 4.98 Å². The van der Waals surface area contributed by atoms with Gasteiger partial charge in [0.25, 0.3) is 0 Å².